The molecule has 10 heavy (non-hydrogen) atoms. The van der Waals surface area contributed by atoms with E-state index in [1.807, 2.05) is 6.92 Å². The van der Waals surface area contributed by atoms with Gasteiger partial charge in [0.1, 0.15) is 6.10 Å². The van der Waals surface area contributed by atoms with Gasteiger partial charge in [0.25, 0.3) is 0 Å². The molecule has 1 atom stereocenters. The van der Waals surface area contributed by atoms with Crippen LogP contribution in [0.15, 0.2) is 0 Å². The molecule has 1 N–H and O–H groups in total. The van der Waals surface area contributed by atoms with Gasteiger partial charge in [0.05, 0.1) is 13.2 Å². The number of cyclic esters (lactones) is 1. The molecule has 0 aromatic heterocycles. The molecule has 0 saturated carbocycles. The zero-order valence-electron chi connectivity index (χ0n) is 5.91. The molecule has 1 heterocycles. The monoisotopic (exact) mass is 145 g/mol. The second-order valence-electron chi connectivity index (χ2n) is 2.36. The zero-order chi connectivity index (χ0) is 7.56. The Morgan fingerprint density at radius 1 is 1.90 bits per heavy atom. The number of aliphatic hydroxyl groups is 1. The van der Waals surface area contributed by atoms with Gasteiger partial charge in [-0.15, -0.1) is 0 Å². The summed E-state index contributed by atoms with van der Waals surface area (Å²) in [5.74, 6) is 0. The first-order valence-corrected chi connectivity index (χ1v) is 3.30. The molecule has 0 aromatic carbocycles. The van der Waals surface area contributed by atoms with Crippen LogP contribution >= 0.6 is 0 Å². The maximum Gasteiger partial charge on any atom is 0.410 e. The predicted octanol–water partition coefficient (Wildman–Crippen LogP) is -0.181. The second-order valence-corrected chi connectivity index (χ2v) is 2.36. The predicted molar refractivity (Wildman–Crippen MR) is 34.6 cm³/mol. The second kappa shape index (κ2) is 2.88. The lowest BCUT2D eigenvalue weighted by Gasteiger charge is -2.08. The van der Waals surface area contributed by atoms with Crippen LogP contribution in [0.1, 0.15) is 6.92 Å². The maximum absolute atomic E-state index is 10.8. The van der Waals surface area contributed by atoms with Gasteiger partial charge in [0.2, 0.25) is 0 Å². The van der Waals surface area contributed by atoms with E-state index >= 15 is 0 Å². The van der Waals surface area contributed by atoms with Crippen LogP contribution in [-0.2, 0) is 4.74 Å². The third-order valence-corrected chi connectivity index (χ3v) is 1.41. The lowest BCUT2D eigenvalue weighted by atomic mass is 10.4. The molecule has 1 amide bonds. The summed E-state index contributed by atoms with van der Waals surface area (Å²) in [5.41, 5.74) is 0. The third kappa shape index (κ3) is 1.39. The molecule has 1 aliphatic rings. The van der Waals surface area contributed by atoms with Crippen molar-refractivity contribution in [3.05, 3.63) is 0 Å². The summed E-state index contributed by atoms with van der Waals surface area (Å²) >= 11 is 0. The molecule has 1 saturated heterocycles. The van der Waals surface area contributed by atoms with Crippen molar-refractivity contribution in [1.29, 1.82) is 0 Å². The van der Waals surface area contributed by atoms with Gasteiger partial charge in [-0.05, 0) is 6.92 Å². The number of hydrogen-bond acceptors (Lipinski definition) is 3. The fourth-order valence-electron chi connectivity index (χ4n) is 0.972. The van der Waals surface area contributed by atoms with Gasteiger partial charge in [0.15, 0.2) is 0 Å². The van der Waals surface area contributed by atoms with E-state index in [0.29, 0.717) is 13.1 Å². The molecule has 1 aliphatic heterocycles. The molecule has 0 bridgehead atoms. The summed E-state index contributed by atoms with van der Waals surface area (Å²) in [6.07, 6.45) is -0.347. The molecule has 0 aliphatic carbocycles. The molecule has 1 unspecified atom stereocenters. The Bertz CT molecular complexity index is 137. The Kier molecular flexibility index (Phi) is 2.11. The van der Waals surface area contributed by atoms with E-state index in [-0.39, 0.29) is 18.8 Å². The third-order valence-electron chi connectivity index (χ3n) is 1.41. The van der Waals surface area contributed by atoms with Crippen LogP contribution in [0.25, 0.3) is 0 Å². The molecule has 1 fully saturated rings. The van der Waals surface area contributed by atoms with Crippen LogP contribution in [0.4, 0.5) is 4.79 Å². The first-order chi connectivity index (χ1) is 4.74. The highest BCUT2D eigenvalue weighted by molar-refractivity contribution is 5.69. The van der Waals surface area contributed by atoms with Crippen molar-refractivity contribution in [3.8, 4) is 0 Å². The van der Waals surface area contributed by atoms with E-state index in [1.54, 1.807) is 0 Å². The van der Waals surface area contributed by atoms with E-state index in [2.05, 4.69) is 0 Å². The topological polar surface area (TPSA) is 49.8 Å². The number of amides is 1. The Morgan fingerprint density at radius 2 is 2.60 bits per heavy atom. The number of aliphatic hydroxyl groups excluding tert-OH is 1. The number of carbonyl (C=O) groups excluding carboxylic acids is 1. The minimum Gasteiger partial charge on any atom is -0.445 e. The van der Waals surface area contributed by atoms with Crippen LogP contribution in [0, 0.1) is 0 Å². The van der Waals surface area contributed by atoms with E-state index in [0.717, 1.165) is 0 Å². The van der Waals surface area contributed by atoms with Gasteiger partial charge >= 0.3 is 6.09 Å². The molecule has 4 heteroatoms. The highest BCUT2D eigenvalue weighted by Crippen LogP contribution is 2.08. The number of carbonyl (C=O) groups is 1. The number of ether oxygens (including phenoxy) is 1. The van der Waals surface area contributed by atoms with Gasteiger partial charge in [-0.2, -0.15) is 0 Å². The first-order valence-electron chi connectivity index (χ1n) is 3.30. The zero-order valence-corrected chi connectivity index (χ0v) is 5.91. The SMILES string of the molecule is CC1CN(CCO)C(=O)O1. The van der Waals surface area contributed by atoms with E-state index in [4.69, 9.17) is 9.84 Å². The van der Waals surface area contributed by atoms with Crippen molar-refractivity contribution in [2.24, 2.45) is 0 Å². The summed E-state index contributed by atoms with van der Waals surface area (Å²) in [6, 6.07) is 0. The Balaban J connectivity index is 2.39. The quantitative estimate of drug-likeness (QED) is 0.586. The van der Waals surface area contributed by atoms with Crippen molar-refractivity contribution >= 4 is 6.09 Å². The standard InChI is InChI=1S/C6H11NO3/c1-5-4-7(2-3-8)6(9)10-5/h5,8H,2-4H2,1H3. The van der Waals surface area contributed by atoms with Gasteiger partial charge in [0, 0.05) is 6.54 Å². The van der Waals surface area contributed by atoms with Crippen molar-refractivity contribution in [2.45, 2.75) is 13.0 Å². The van der Waals surface area contributed by atoms with Crippen molar-refractivity contribution < 1.29 is 14.6 Å². The summed E-state index contributed by atoms with van der Waals surface area (Å²) in [6.45, 7) is 2.81. The van der Waals surface area contributed by atoms with Crippen LogP contribution in [0.3, 0.4) is 0 Å². The van der Waals surface area contributed by atoms with Crippen molar-refractivity contribution in [3.63, 3.8) is 0 Å². The van der Waals surface area contributed by atoms with Crippen LogP contribution in [0.2, 0.25) is 0 Å². The molecular weight excluding hydrogens is 134 g/mol. The summed E-state index contributed by atoms with van der Waals surface area (Å²) < 4.78 is 4.80. The van der Waals surface area contributed by atoms with Gasteiger partial charge in [-0.3, -0.25) is 0 Å². The van der Waals surface area contributed by atoms with E-state index in [1.165, 1.54) is 4.90 Å². The van der Waals surface area contributed by atoms with Gasteiger partial charge < -0.3 is 14.7 Å². The lowest BCUT2D eigenvalue weighted by Crippen LogP contribution is -2.27. The molecule has 0 radical (unpaired) electrons. The van der Waals surface area contributed by atoms with Crippen LogP contribution < -0.4 is 0 Å². The fraction of sp³-hybridized carbons (Fsp3) is 0.833. The minimum atomic E-state index is -0.318. The minimum absolute atomic E-state index is 0.00181. The van der Waals surface area contributed by atoms with Crippen molar-refractivity contribution in [2.75, 3.05) is 19.7 Å². The molecule has 58 valence electrons. The average molecular weight is 145 g/mol. The number of hydrogen-bond donors (Lipinski definition) is 1. The van der Waals surface area contributed by atoms with E-state index < -0.39 is 0 Å². The Labute approximate surface area is 59.4 Å². The summed E-state index contributed by atoms with van der Waals surface area (Å²) in [7, 11) is 0. The number of rotatable bonds is 2. The fourth-order valence-corrected chi connectivity index (χ4v) is 0.972. The van der Waals surface area contributed by atoms with Gasteiger partial charge in [-0.1, -0.05) is 0 Å². The molecular formula is C6H11NO3. The summed E-state index contributed by atoms with van der Waals surface area (Å²) in [5, 5.41) is 8.48. The largest absolute Gasteiger partial charge is 0.445 e. The molecule has 4 nitrogen and oxygen atoms in total. The molecule has 0 spiro atoms. The van der Waals surface area contributed by atoms with Crippen LogP contribution in [-0.4, -0.2) is 41.9 Å². The smallest absolute Gasteiger partial charge is 0.410 e. The Hall–Kier alpha value is -0.770. The molecule has 0 aromatic rings. The van der Waals surface area contributed by atoms with Crippen molar-refractivity contribution in [1.82, 2.24) is 4.90 Å². The number of nitrogens with zero attached hydrogens (tertiary/aromatic N) is 1. The maximum atomic E-state index is 10.8. The highest BCUT2D eigenvalue weighted by atomic mass is 16.6. The first kappa shape index (κ1) is 7.34. The van der Waals surface area contributed by atoms with Gasteiger partial charge in [-0.25, -0.2) is 4.79 Å². The van der Waals surface area contributed by atoms with E-state index in [9.17, 15) is 4.79 Å². The highest BCUT2D eigenvalue weighted by Gasteiger charge is 2.26. The summed E-state index contributed by atoms with van der Waals surface area (Å²) in [4.78, 5) is 12.3. The van der Waals surface area contributed by atoms with Crippen LogP contribution in [0.5, 0.6) is 0 Å². The average Bonchev–Trinajstić information content (AvgIpc) is 2.13. The normalized spacial score (nSPS) is 25.2. The number of β-amino-alcohol motifs (C(OH)–C–C–N with tert-alkyl or cyclic N) is 1. The lowest BCUT2D eigenvalue weighted by molar-refractivity contribution is 0.135. The molecule has 1 rings (SSSR count). The Morgan fingerprint density at radius 3 is 3.00 bits per heavy atom.